The molecule has 6 nitrogen and oxygen atoms in total. The summed E-state index contributed by atoms with van der Waals surface area (Å²) >= 11 is 0. The topological polar surface area (TPSA) is 61.5 Å². The van der Waals surface area contributed by atoms with E-state index in [4.69, 9.17) is 10.8 Å². The smallest absolute Gasteiger partial charge is 0.150 e. The first-order valence-corrected chi connectivity index (χ1v) is 12.1. The molecule has 1 fully saturated rings. The second-order valence-electron chi connectivity index (χ2n) is 9.47. The molecule has 1 saturated carbocycles. The number of hydrogen-bond donors (Lipinski definition) is 1. The van der Waals surface area contributed by atoms with E-state index in [1.165, 1.54) is 54.5 Å². The zero-order chi connectivity index (χ0) is 22.8. The highest BCUT2D eigenvalue weighted by atomic mass is 15.4. The number of rotatable bonds is 5. The summed E-state index contributed by atoms with van der Waals surface area (Å²) in [6, 6.07) is 14.9. The number of benzene rings is 1. The van der Waals surface area contributed by atoms with Crippen molar-refractivity contribution in [2.75, 3.05) is 35.4 Å². The summed E-state index contributed by atoms with van der Waals surface area (Å²) in [5.74, 6) is 9.22. The predicted molar refractivity (Wildman–Crippen MR) is 136 cm³/mol. The third-order valence-corrected chi connectivity index (χ3v) is 7.14. The lowest BCUT2D eigenvalue weighted by Gasteiger charge is -2.32. The fraction of sp³-hybridized carbons (Fsp3) is 0.407. The van der Waals surface area contributed by atoms with Crippen LogP contribution in [0.1, 0.15) is 54.7 Å². The van der Waals surface area contributed by atoms with E-state index in [9.17, 15) is 0 Å². The van der Waals surface area contributed by atoms with Gasteiger partial charge in [0.05, 0.1) is 5.69 Å². The molecule has 5 rings (SSSR count). The Labute approximate surface area is 197 Å². The minimum absolute atomic E-state index is 0.650. The van der Waals surface area contributed by atoms with Crippen LogP contribution in [0, 0.1) is 0 Å². The van der Waals surface area contributed by atoms with Crippen molar-refractivity contribution >= 4 is 23.0 Å². The monoisotopic (exact) mass is 442 g/mol. The van der Waals surface area contributed by atoms with Crippen molar-refractivity contribution in [3.63, 3.8) is 0 Å². The van der Waals surface area contributed by atoms with E-state index in [1.807, 2.05) is 24.5 Å². The molecule has 1 aliphatic carbocycles. The average Bonchev–Trinajstić information content (AvgIpc) is 2.88. The SMILES string of the molecule is CN(C)c1cc(N(N)c2nccc3c2CCN(c2ccccn2)C3)ccc1C1CCCCC1. The highest BCUT2D eigenvalue weighted by molar-refractivity contribution is 5.70. The molecule has 2 aliphatic rings. The van der Waals surface area contributed by atoms with Gasteiger partial charge in [-0.25, -0.2) is 15.8 Å². The van der Waals surface area contributed by atoms with Crippen LogP contribution in [0.15, 0.2) is 54.9 Å². The van der Waals surface area contributed by atoms with Crippen molar-refractivity contribution in [3.05, 3.63) is 71.5 Å². The van der Waals surface area contributed by atoms with Gasteiger partial charge >= 0.3 is 0 Å². The summed E-state index contributed by atoms with van der Waals surface area (Å²) in [6.45, 7) is 1.72. The first-order valence-electron chi connectivity index (χ1n) is 12.1. The molecule has 1 aliphatic heterocycles. The molecule has 2 aromatic heterocycles. The standard InChI is InChI=1S/C27H34N6/c1-31(2)25-18-22(11-12-23(25)20-8-4-3-5-9-20)33(28)27-24-14-17-32(19-21(24)13-16-30-27)26-10-6-7-15-29-26/h6-7,10-13,15-16,18,20H,3-5,8-9,14,17,19,28H2,1-2H3. The van der Waals surface area contributed by atoms with E-state index in [0.717, 1.165) is 36.8 Å². The van der Waals surface area contributed by atoms with Crippen LogP contribution in [-0.2, 0) is 13.0 Å². The summed E-state index contributed by atoms with van der Waals surface area (Å²) in [4.78, 5) is 13.8. The van der Waals surface area contributed by atoms with Gasteiger partial charge < -0.3 is 9.80 Å². The van der Waals surface area contributed by atoms with Crippen molar-refractivity contribution in [3.8, 4) is 0 Å². The van der Waals surface area contributed by atoms with Crippen LogP contribution in [0.25, 0.3) is 0 Å². The molecular weight excluding hydrogens is 408 g/mol. The Morgan fingerprint density at radius 3 is 2.58 bits per heavy atom. The van der Waals surface area contributed by atoms with Crippen LogP contribution in [0.3, 0.4) is 0 Å². The quantitative estimate of drug-likeness (QED) is 0.435. The third-order valence-electron chi connectivity index (χ3n) is 7.14. The molecule has 0 spiro atoms. The number of nitrogens with zero attached hydrogens (tertiary/aromatic N) is 5. The van der Waals surface area contributed by atoms with E-state index >= 15 is 0 Å². The minimum Gasteiger partial charge on any atom is -0.377 e. The molecule has 33 heavy (non-hydrogen) atoms. The lowest BCUT2D eigenvalue weighted by Crippen LogP contribution is -2.34. The van der Waals surface area contributed by atoms with E-state index in [0.29, 0.717) is 5.92 Å². The highest BCUT2D eigenvalue weighted by Crippen LogP contribution is 2.40. The molecule has 0 amide bonds. The zero-order valence-electron chi connectivity index (χ0n) is 19.7. The molecule has 172 valence electrons. The molecular formula is C27H34N6. The summed E-state index contributed by atoms with van der Waals surface area (Å²) in [7, 11) is 4.25. The van der Waals surface area contributed by atoms with Gasteiger partial charge in [0.2, 0.25) is 0 Å². The van der Waals surface area contributed by atoms with E-state index in [-0.39, 0.29) is 0 Å². The Bertz CT molecular complexity index is 1090. The molecule has 0 bridgehead atoms. The van der Waals surface area contributed by atoms with Crippen LogP contribution in [0.2, 0.25) is 0 Å². The zero-order valence-corrected chi connectivity index (χ0v) is 19.7. The number of aromatic nitrogens is 2. The molecule has 0 atom stereocenters. The van der Waals surface area contributed by atoms with Crippen molar-refractivity contribution in [1.82, 2.24) is 9.97 Å². The predicted octanol–water partition coefficient (Wildman–Crippen LogP) is 5.16. The Morgan fingerprint density at radius 1 is 0.970 bits per heavy atom. The van der Waals surface area contributed by atoms with Gasteiger partial charge in [0.25, 0.3) is 0 Å². The number of hydrogen-bond acceptors (Lipinski definition) is 6. The van der Waals surface area contributed by atoms with Crippen LogP contribution >= 0.6 is 0 Å². The Hall–Kier alpha value is -3.12. The van der Waals surface area contributed by atoms with Gasteiger partial charge in [-0.1, -0.05) is 31.4 Å². The molecule has 3 heterocycles. The number of nitrogens with two attached hydrogens (primary N) is 1. The average molecular weight is 443 g/mol. The number of anilines is 4. The summed E-state index contributed by atoms with van der Waals surface area (Å²) in [6.07, 6.45) is 11.2. The van der Waals surface area contributed by atoms with Gasteiger partial charge in [-0.05, 0) is 66.6 Å². The molecule has 0 unspecified atom stereocenters. The van der Waals surface area contributed by atoms with Gasteiger partial charge in [0, 0.05) is 50.8 Å². The van der Waals surface area contributed by atoms with Gasteiger partial charge in [-0.2, -0.15) is 0 Å². The maximum atomic E-state index is 6.71. The first kappa shape index (κ1) is 21.7. The summed E-state index contributed by atoms with van der Waals surface area (Å²) in [5.41, 5.74) is 6.19. The number of fused-ring (bicyclic) bond motifs is 1. The van der Waals surface area contributed by atoms with Crippen molar-refractivity contribution in [1.29, 1.82) is 0 Å². The van der Waals surface area contributed by atoms with Gasteiger partial charge in [-0.3, -0.25) is 5.01 Å². The second kappa shape index (κ2) is 9.40. The first-order chi connectivity index (χ1) is 16.1. The Kier molecular flexibility index (Phi) is 6.18. The van der Waals surface area contributed by atoms with Crippen LogP contribution < -0.4 is 20.7 Å². The fourth-order valence-corrected chi connectivity index (χ4v) is 5.37. The van der Waals surface area contributed by atoms with Crippen molar-refractivity contribution < 1.29 is 0 Å². The van der Waals surface area contributed by atoms with Crippen molar-refractivity contribution in [2.24, 2.45) is 5.84 Å². The second-order valence-corrected chi connectivity index (χ2v) is 9.47. The largest absolute Gasteiger partial charge is 0.377 e. The van der Waals surface area contributed by atoms with Crippen LogP contribution in [0.5, 0.6) is 0 Å². The molecule has 6 heteroatoms. The van der Waals surface area contributed by atoms with Crippen molar-refractivity contribution in [2.45, 2.75) is 51.0 Å². The Morgan fingerprint density at radius 2 is 1.82 bits per heavy atom. The third kappa shape index (κ3) is 4.40. The maximum absolute atomic E-state index is 6.71. The molecule has 3 aromatic rings. The molecule has 0 radical (unpaired) electrons. The van der Waals surface area contributed by atoms with E-state index in [1.54, 1.807) is 5.01 Å². The molecule has 0 saturated heterocycles. The van der Waals surface area contributed by atoms with Gasteiger partial charge in [-0.15, -0.1) is 0 Å². The van der Waals surface area contributed by atoms with E-state index < -0.39 is 0 Å². The maximum Gasteiger partial charge on any atom is 0.150 e. The van der Waals surface area contributed by atoms with Gasteiger partial charge in [0.15, 0.2) is 5.82 Å². The van der Waals surface area contributed by atoms with E-state index in [2.05, 4.69) is 59.2 Å². The number of pyridine rings is 2. The van der Waals surface area contributed by atoms with Gasteiger partial charge in [0.1, 0.15) is 5.82 Å². The lowest BCUT2D eigenvalue weighted by molar-refractivity contribution is 0.444. The van der Waals surface area contributed by atoms with Crippen LogP contribution in [-0.4, -0.2) is 30.6 Å². The lowest BCUT2D eigenvalue weighted by atomic mass is 9.83. The van der Waals surface area contributed by atoms with Crippen LogP contribution in [0.4, 0.5) is 23.0 Å². The molecule has 2 N–H and O–H groups in total. The number of hydrazine groups is 1. The Balaban J connectivity index is 1.43. The summed E-state index contributed by atoms with van der Waals surface area (Å²) in [5, 5.41) is 1.77. The summed E-state index contributed by atoms with van der Waals surface area (Å²) < 4.78 is 0. The highest BCUT2D eigenvalue weighted by Gasteiger charge is 2.24. The fourth-order valence-electron chi connectivity index (χ4n) is 5.37. The normalized spacial score (nSPS) is 16.4. The molecule has 1 aromatic carbocycles. The minimum atomic E-state index is 0.650.